The van der Waals surface area contributed by atoms with Gasteiger partial charge in [0.15, 0.2) is 0 Å². The molecule has 0 saturated heterocycles. The largest absolute Gasteiger partial charge is 0.127 e. The van der Waals surface area contributed by atoms with Gasteiger partial charge in [-0.15, -0.1) is 23.2 Å². The first-order valence-electron chi connectivity index (χ1n) is 4.61. The zero-order valence-corrected chi connectivity index (χ0v) is 10.5. The van der Waals surface area contributed by atoms with Gasteiger partial charge in [-0.1, -0.05) is 48.0 Å². The Morgan fingerprint density at radius 1 is 0.917 bits per heavy atom. The van der Waals surface area contributed by atoms with Crippen molar-refractivity contribution in [1.29, 1.82) is 0 Å². The van der Waals surface area contributed by atoms with E-state index < -0.39 is 0 Å². The summed E-state index contributed by atoms with van der Waals surface area (Å²) in [6.07, 6.45) is 8.71. The average Bonchev–Trinajstić information content (AvgIpc) is 2.02. The SMILES string of the molecule is ClCCCCCCCCC(Cl)Br. The maximum Gasteiger partial charge on any atom is 0.0886 e. The number of alkyl halides is 3. The van der Waals surface area contributed by atoms with Crippen LogP contribution >= 0.6 is 39.1 Å². The monoisotopic (exact) mass is 274 g/mol. The smallest absolute Gasteiger partial charge is 0.0886 e. The van der Waals surface area contributed by atoms with Crippen LogP contribution in [0.1, 0.15) is 44.9 Å². The van der Waals surface area contributed by atoms with Gasteiger partial charge in [0.1, 0.15) is 0 Å². The summed E-state index contributed by atoms with van der Waals surface area (Å²) in [5.74, 6) is 0.811. The normalized spacial score (nSPS) is 13.2. The fourth-order valence-corrected chi connectivity index (χ4v) is 1.77. The Bertz CT molecular complexity index is 86.6. The third kappa shape index (κ3) is 11.1. The van der Waals surface area contributed by atoms with Crippen molar-refractivity contribution in [3.63, 3.8) is 0 Å². The lowest BCUT2D eigenvalue weighted by Crippen LogP contribution is -1.86. The predicted molar refractivity (Wildman–Crippen MR) is 61.6 cm³/mol. The van der Waals surface area contributed by atoms with Crippen LogP contribution in [0.4, 0.5) is 0 Å². The van der Waals surface area contributed by atoms with E-state index in [0.717, 1.165) is 18.7 Å². The Hall–Kier alpha value is 1.06. The molecule has 0 aromatic carbocycles. The molecule has 0 nitrogen and oxygen atoms in total. The maximum absolute atomic E-state index is 5.74. The fraction of sp³-hybridized carbons (Fsp3) is 1.00. The topological polar surface area (TPSA) is 0 Å². The third-order valence-electron chi connectivity index (χ3n) is 1.81. The van der Waals surface area contributed by atoms with Gasteiger partial charge in [-0.05, 0) is 12.8 Å². The molecule has 74 valence electrons. The van der Waals surface area contributed by atoms with Crippen LogP contribution in [0.15, 0.2) is 0 Å². The van der Waals surface area contributed by atoms with Crippen molar-refractivity contribution < 1.29 is 0 Å². The zero-order valence-electron chi connectivity index (χ0n) is 7.37. The minimum absolute atomic E-state index is 0.167. The molecule has 0 aliphatic rings. The van der Waals surface area contributed by atoms with Gasteiger partial charge in [0.05, 0.1) is 4.29 Å². The van der Waals surface area contributed by atoms with Crippen molar-refractivity contribution in [2.24, 2.45) is 0 Å². The number of hydrogen-bond acceptors (Lipinski definition) is 0. The van der Waals surface area contributed by atoms with Crippen LogP contribution in [-0.2, 0) is 0 Å². The highest BCUT2D eigenvalue weighted by Crippen LogP contribution is 2.15. The molecular weight excluding hydrogens is 259 g/mol. The van der Waals surface area contributed by atoms with Crippen LogP contribution in [0, 0.1) is 0 Å². The van der Waals surface area contributed by atoms with Crippen LogP contribution in [0.5, 0.6) is 0 Å². The number of unbranched alkanes of at least 4 members (excludes halogenated alkanes) is 5. The summed E-state index contributed by atoms with van der Waals surface area (Å²) < 4.78 is 0.167. The highest BCUT2D eigenvalue weighted by Gasteiger charge is 1.97. The number of halogens is 3. The molecule has 0 radical (unpaired) electrons. The van der Waals surface area contributed by atoms with E-state index in [1.54, 1.807) is 0 Å². The van der Waals surface area contributed by atoms with Crippen molar-refractivity contribution in [3.8, 4) is 0 Å². The molecule has 0 aromatic heterocycles. The predicted octanol–water partition coefficient (Wildman–Crippen LogP) is 4.92. The second kappa shape index (κ2) is 10.1. The van der Waals surface area contributed by atoms with Crippen molar-refractivity contribution in [2.45, 2.75) is 49.2 Å². The van der Waals surface area contributed by atoms with Gasteiger partial charge >= 0.3 is 0 Å². The molecule has 0 aliphatic carbocycles. The highest BCUT2D eigenvalue weighted by atomic mass is 79.9. The summed E-state index contributed by atoms with van der Waals surface area (Å²) in [5.41, 5.74) is 0. The van der Waals surface area contributed by atoms with E-state index in [1.165, 1.54) is 32.1 Å². The molecule has 1 atom stereocenters. The van der Waals surface area contributed by atoms with Gasteiger partial charge in [0, 0.05) is 5.88 Å². The standard InChI is InChI=1S/C9H17BrCl2/c10-9(12)7-5-3-1-2-4-6-8-11/h9H,1-8H2. The van der Waals surface area contributed by atoms with Gasteiger partial charge < -0.3 is 0 Å². The lowest BCUT2D eigenvalue weighted by molar-refractivity contribution is 0.601. The van der Waals surface area contributed by atoms with Gasteiger partial charge in [-0.25, -0.2) is 0 Å². The van der Waals surface area contributed by atoms with E-state index in [2.05, 4.69) is 15.9 Å². The summed E-state index contributed by atoms with van der Waals surface area (Å²) >= 11 is 14.6. The highest BCUT2D eigenvalue weighted by molar-refractivity contribution is 9.10. The molecule has 12 heavy (non-hydrogen) atoms. The Morgan fingerprint density at radius 2 is 1.42 bits per heavy atom. The van der Waals surface area contributed by atoms with Crippen molar-refractivity contribution >= 4 is 39.1 Å². The van der Waals surface area contributed by atoms with E-state index >= 15 is 0 Å². The number of hydrogen-bond donors (Lipinski definition) is 0. The van der Waals surface area contributed by atoms with Gasteiger partial charge in [0.25, 0.3) is 0 Å². The Balaban J connectivity index is 2.82. The van der Waals surface area contributed by atoms with Crippen molar-refractivity contribution in [1.82, 2.24) is 0 Å². The first-order chi connectivity index (χ1) is 5.77. The lowest BCUT2D eigenvalue weighted by atomic mass is 10.1. The molecule has 0 saturated carbocycles. The Labute approximate surface area is 94.1 Å². The lowest BCUT2D eigenvalue weighted by Gasteiger charge is -2.01. The van der Waals surface area contributed by atoms with E-state index in [4.69, 9.17) is 23.2 Å². The minimum atomic E-state index is 0.167. The fourth-order valence-electron chi connectivity index (χ4n) is 1.10. The molecule has 0 N–H and O–H groups in total. The van der Waals surface area contributed by atoms with Crippen molar-refractivity contribution in [2.75, 3.05) is 5.88 Å². The van der Waals surface area contributed by atoms with Gasteiger partial charge in [-0.3, -0.25) is 0 Å². The summed E-state index contributed by atoms with van der Waals surface area (Å²) in [5, 5.41) is 0. The first-order valence-corrected chi connectivity index (χ1v) is 6.50. The van der Waals surface area contributed by atoms with Crippen LogP contribution in [0.25, 0.3) is 0 Å². The van der Waals surface area contributed by atoms with E-state index in [9.17, 15) is 0 Å². The quantitative estimate of drug-likeness (QED) is 0.436. The number of rotatable bonds is 8. The molecule has 0 bridgehead atoms. The van der Waals surface area contributed by atoms with Crippen molar-refractivity contribution in [3.05, 3.63) is 0 Å². The third-order valence-corrected chi connectivity index (χ3v) is 2.75. The molecule has 0 heterocycles. The maximum atomic E-state index is 5.74. The van der Waals surface area contributed by atoms with Gasteiger partial charge in [-0.2, -0.15) is 0 Å². The van der Waals surface area contributed by atoms with E-state index in [1.807, 2.05) is 0 Å². The molecule has 0 rings (SSSR count). The Kier molecular flexibility index (Phi) is 11.0. The zero-order chi connectivity index (χ0) is 9.23. The van der Waals surface area contributed by atoms with Crippen LogP contribution in [-0.4, -0.2) is 10.2 Å². The molecule has 1 unspecified atom stereocenters. The second-order valence-electron chi connectivity index (χ2n) is 2.99. The molecule has 0 fully saturated rings. The molecule has 0 aliphatic heterocycles. The molecule has 0 spiro atoms. The minimum Gasteiger partial charge on any atom is -0.127 e. The van der Waals surface area contributed by atoms with Crippen LogP contribution in [0.2, 0.25) is 0 Å². The second-order valence-corrected chi connectivity index (χ2v) is 5.53. The van der Waals surface area contributed by atoms with Crippen LogP contribution < -0.4 is 0 Å². The summed E-state index contributed by atoms with van der Waals surface area (Å²) in [7, 11) is 0. The van der Waals surface area contributed by atoms with E-state index in [-0.39, 0.29) is 4.29 Å². The average molecular weight is 276 g/mol. The molecule has 3 heteroatoms. The molecule has 0 aromatic rings. The molecular formula is C9H17BrCl2. The summed E-state index contributed by atoms with van der Waals surface area (Å²) in [6.45, 7) is 0. The van der Waals surface area contributed by atoms with Crippen LogP contribution in [0.3, 0.4) is 0 Å². The molecule has 0 amide bonds. The summed E-state index contributed by atoms with van der Waals surface area (Å²) in [4.78, 5) is 0. The van der Waals surface area contributed by atoms with Gasteiger partial charge in [0.2, 0.25) is 0 Å². The van der Waals surface area contributed by atoms with E-state index in [0.29, 0.717) is 0 Å². The summed E-state index contributed by atoms with van der Waals surface area (Å²) in [6, 6.07) is 0. The first kappa shape index (κ1) is 13.1. The Morgan fingerprint density at radius 3 is 1.92 bits per heavy atom.